The molecule has 3 aromatic rings. The highest BCUT2D eigenvalue weighted by Gasteiger charge is 2.09. The SMILES string of the molecule is O=C(Cn1c(=O)[nH]c2ccccc21)NCCCc1ccccc1. The molecule has 3 rings (SSSR count). The van der Waals surface area contributed by atoms with Crippen LogP contribution in [0.1, 0.15) is 12.0 Å². The summed E-state index contributed by atoms with van der Waals surface area (Å²) in [7, 11) is 0. The molecule has 0 saturated heterocycles. The first-order valence-corrected chi connectivity index (χ1v) is 7.72. The van der Waals surface area contributed by atoms with Crippen LogP contribution in [0.5, 0.6) is 0 Å². The number of carbonyl (C=O) groups excluding carboxylic acids is 1. The topological polar surface area (TPSA) is 66.9 Å². The van der Waals surface area contributed by atoms with E-state index >= 15 is 0 Å². The molecular weight excluding hydrogens is 290 g/mol. The molecule has 23 heavy (non-hydrogen) atoms. The van der Waals surface area contributed by atoms with Crippen LogP contribution in [-0.4, -0.2) is 22.0 Å². The Morgan fingerprint density at radius 2 is 1.78 bits per heavy atom. The third-order valence-electron chi connectivity index (χ3n) is 3.79. The van der Waals surface area contributed by atoms with E-state index in [0.29, 0.717) is 6.54 Å². The first kappa shape index (κ1) is 15.1. The molecule has 5 heteroatoms. The van der Waals surface area contributed by atoms with Crippen LogP contribution in [0.4, 0.5) is 0 Å². The van der Waals surface area contributed by atoms with Gasteiger partial charge in [0, 0.05) is 6.54 Å². The van der Waals surface area contributed by atoms with Crippen molar-refractivity contribution < 1.29 is 4.79 Å². The average Bonchev–Trinajstić information content (AvgIpc) is 2.88. The third-order valence-corrected chi connectivity index (χ3v) is 3.79. The van der Waals surface area contributed by atoms with Gasteiger partial charge in [0.15, 0.2) is 0 Å². The number of nitrogens with zero attached hydrogens (tertiary/aromatic N) is 1. The van der Waals surface area contributed by atoms with Crippen molar-refractivity contribution in [2.24, 2.45) is 0 Å². The number of rotatable bonds is 6. The van der Waals surface area contributed by atoms with Crippen molar-refractivity contribution in [2.45, 2.75) is 19.4 Å². The first-order chi connectivity index (χ1) is 11.2. The van der Waals surface area contributed by atoms with Gasteiger partial charge in [-0.25, -0.2) is 4.79 Å². The predicted molar refractivity (Wildman–Crippen MR) is 90.3 cm³/mol. The quantitative estimate of drug-likeness (QED) is 0.685. The van der Waals surface area contributed by atoms with Crippen LogP contribution >= 0.6 is 0 Å². The van der Waals surface area contributed by atoms with Crippen molar-refractivity contribution in [1.29, 1.82) is 0 Å². The summed E-state index contributed by atoms with van der Waals surface area (Å²) in [5, 5.41) is 2.87. The largest absolute Gasteiger partial charge is 0.355 e. The van der Waals surface area contributed by atoms with Crippen LogP contribution in [0, 0.1) is 0 Å². The zero-order valence-electron chi connectivity index (χ0n) is 12.8. The number of H-pyrrole nitrogens is 1. The minimum absolute atomic E-state index is 0.0359. The van der Waals surface area contributed by atoms with Crippen molar-refractivity contribution in [3.63, 3.8) is 0 Å². The van der Waals surface area contributed by atoms with Crippen molar-refractivity contribution in [2.75, 3.05) is 6.54 Å². The molecule has 0 radical (unpaired) electrons. The van der Waals surface area contributed by atoms with Crippen LogP contribution < -0.4 is 11.0 Å². The second kappa shape index (κ2) is 6.96. The number of carbonyl (C=O) groups is 1. The lowest BCUT2D eigenvalue weighted by Gasteiger charge is -2.06. The maximum Gasteiger partial charge on any atom is 0.326 e. The Labute approximate surface area is 134 Å². The maximum absolute atomic E-state index is 12.0. The van der Waals surface area contributed by atoms with Gasteiger partial charge in [0.2, 0.25) is 5.91 Å². The van der Waals surface area contributed by atoms with Gasteiger partial charge in [-0.15, -0.1) is 0 Å². The molecule has 0 saturated carbocycles. The van der Waals surface area contributed by atoms with Gasteiger partial charge in [-0.2, -0.15) is 0 Å². The number of aromatic amines is 1. The van der Waals surface area contributed by atoms with Gasteiger partial charge in [-0.1, -0.05) is 42.5 Å². The highest BCUT2D eigenvalue weighted by molar-refractivity contribution is 5.80. The molecular formula is C18H19N3O2. The summed E-state index contributed by atoms with van der Waals surface area (Å²) in [6, 6.07) is 17.5. The number of fused-ring (bicyclic) bond motifs is 1. The maximum atomic E-state index is 12.0. The lowest BCUT2D eigenvalue weighted by Crippen LogP contribution is -2.32. The van der Waals surface area contributed by atoms with Crippen molar-refractivity contribution in [1.82, 2.24) is 14.9 Å². The third kappa shape index (κ3) is 3.69. The molecule has 0 bridgehead atoms. The zero-order chi connectivity index (χ0) is 16.1. The van der Waals surface area contributed by atoms with Crippen LogP contribution in [0.3, 0.4) is 0 Å². The number of hydrogen-bond acceptors (Lipinski definition) is 2. The Morgan fingerprint density at radius 1 is 1.04 bits per heavy atom. The van der Waals surface area contributed by atoms with E-state index in [0.717, 1.165) is 23.9 Å². The van der Waals surface area contributed by atoms with E-state index in [1.54, 1.807) is 0 Å². The van der Waals surface area contributed by atoms with Crippen LogP contribution in [0.15, 0.2) is 59.4 Å². The van der Waals surface area contributed by atoms with Crippen LogP contribution in [0.25, 0.3) is 11.0 Å². The Morgan fingerprint density at radius 3 is 2.61 bits per heavy atom. The Bertz CT molecular complexity index is 849. The number of aryl methyl sites for hydroxylation is 1. The van der Waals surface area contributed by atoms with E-state index in [4.69, 9.17) is 0 Å². The van der Waals surface area contributed by atoms with E-state index in [1.165, 1.54) is 10.1 Å². The number of para-hydroxylation sites is 2. The highest BCUT2D eigenvalue weighted by Crippen LogP contribution is 2.08. The first-order valence-electron chi connectivity index (χ1n) is 7.72. The average molecular weight is 309 g/mol. The number of aromatic nitrogens is 2. The number of nitrogens with one attached hydrogen (secondary N) is 2. The van der Waals surface area contributed by atoms with Crippen LogP contribution in [-0.2, 0) is 17.8 Å². The molecule has 0 aliphatic heterocycles. The van der Waals surface area contributed by atoms with Gasteiger partial charge in [0.05, 0.1) is 11.0 Å². The van der Waals surface area contributed by atoms with Crippen molar-refractivity contribution in [3.05, 3.63) is 70.6 Å². The number of imidazole rings is 1. The second-order valence-electron chi connectivity index (χ2n) is 5.47. The summed E-state index contributed by atoms with van der Waals surface area (Å²) in [5.41, 5.74) is 2.49. The fraction of sp³-hybridized carbons (Fsp3) is 0.222. The summed E-state index contributed by atoms with van der Waals surface area (Å²) in [6.45, 7) is 0.638. The van der Waals surface area contributed by atoms with Crippen LogP contribution in [0.2, 0.25) is 0 Å². The van der Waals surface area contributed by atoms with Crippen molar-refractivity contribution in [3.8, 4) is 0 Å². The lowest BCUT2D eigenvalue weighted by atomic mass is 10.1. The second-order valence-corrected chi connectivity index (χ2v) is 5.47. The molecule has 2 N–H and O–H groups in total. The smallest absolute Gasteiger partial charge is 0.326 e. The fourth-order valence-corrected chi connectivity index (χ4v) is 2.63. The van der Waals surface area contributed by atoms with Gasteiger partial charge < -0.3 is 10.3 Å². The lowest BCUT2D eigenvalue weighted by molar-refractivity contribution is -0.121. The molecule has 0 atom stereocenters. The zero-order valence-corrected chi connectivity index (χ0v) is 12.8. The van der Waals surface area contributed by atoms with Gasteiger partial charge in [-0.3, -0.25) is 9.36 Å². The minimum Gasteiger partial charge on any atom is -0.355 e. The summed E-state index contributed by atoms with van der Waals surface area (Å²) in [6.07, 6.45) is 1.80. The molecule has 1 amide bonds. The molecule has 2 aromatic carbocycles. The van der Waals surface area contributed by atoms with Gasteiger partial charge in [-0.05, 0) is 30.5 Å². The minimum atomic E-state index is -0.259. The van der Waals surface area contributed by atoms with E-state index in [2.05, 4.69) is 22.4 Å². The molecule has 118 valence electrons. The monoisotopic (exact) mass is 309 g/mol. The number of amides is 1. The predicted octanol–water partition coefficient (Wildman–Crippen LogP) is 2.08. The normalized spacial score (nSPS) is 10.8. The molecule has 1 heterocycles. The van der Waals surface area contributed by atoms with Gasteiger partial charge in [0.25, 0.3) is 0 Å². The Balaban J connectivity index is 1.53. The molecule has 1 aromatic heterocycles. The molecule has 0 unspecified atom stereocenters. The number of hydrogen-bond donors (Lipinski definition) is 2. The van der Waals surface area contributed by atoms with Gasteiger partial charge >= 0.3 is 5.69 Å². The highest BCUT2D eigenvalue weighted by atomic mass is 16.2. The number of benzene rings is 2. The molecule has 0 aliphatic carbocycles. The molecule has 0 aliphatic rings. The summed E-state index contributed by atoms with van der Waals surface area (Å²) < 4.78 is 1.46. The summed E-state index contributed by atoms with van der Waals surface area (Å²) >= 11 is 0. The van der Waals surface area contributed by atoms with E-state index in [1.807, 2.05) is 42.5 Å². The standard InChI is InChI=1S/C18H19N3O2/c22-17(19-12-6-9-14-7-2-1-3-8-14)13-21-16-11-5-4-10-15(16)20-18(21)23/h1-5,7-8,10-11H,6,9,12-13H2,(H,19,22)(H,20,23). The Hall–Kier alpha value is -2.82. The Kier molecular flexibility index (Phi) is 4.57. The fourth-order valence-electron chi connectivity index (χ4n) is 2.63. The van der Waals surface area contributed by atoms with Crippen molar-refractivity contribution >= 4 is 16.9 Å². The van der Waals surface area contributed by atoms with E-state index in [-0.39, 0.29) is 18.1 Å². The molecule has 0 spiro atoms. The summed E-state index contributed by atoms with van der Waals surface area (Å²) in [5.74, 6) is -0.148. The molecule has 0 fully saturated rings. The molecule has 5 nitrogen and oxygen atoms in total. The summed E-state index contributed by atoms with van der Waals surface area (Å²) in [4.78, 5) is 26.7. The van der Waals surface area contributed by atoms with Gasteiger partial charge in [0.1, 0.15) is 6.54 Å². The van der Waals surface area contributed by atoms with E-state index < -0.39 is 0 Å². The van der Waals surface area contributed by atoms with E-state index in [9.17, 15) is 9.59 Å².